The van der Waals surface area contributed by atoms with Gasteiger partial charge in [0.25, 0.3) is 5.91 Å². The van der Waals surface area contributed by atoms with E-state index < -0.39 is 0 Å². The minimum atomic E-state index is 0.0340. The molecule has 1 fully saturated rings. The van der Waals surface area contributed by atoms with Crippen molar-refractivity contribution < 1.29 is 9.53 Å². The van der Waals surface area contributed by atoms with Gasteiger partial charge in [-0.25, -0.2) is 0 Å². The molecule has 0 atom stereocenters. The lowest BCUT2D eigenvalue weighted by molar-refractivity contribution is 0.0374. The molecule has 5 heteroatoms. The van der Waals surface area contributed by atoms with E-state index in [1.165, 1.54) is 11.1 Å². The second-order valence-corrected chi connectivity index (χ2v) is 5.65. The molecular formula is C16H23N3O2. The number of amides is 1. The van der Waals surface area contributed by atoms with Gasteiger partial charge in [-0.3, -0.25) is 9.69 Å². The summed E-state index contributed by atoms with van der Waals surface area (Å²) in [6.07, 6.45) is 0.984. The van der Waals surface area contributed by atoms with Gasteiger partial charge in [-0.1, -0.05) is 6.07 Å². The lowest BCUT2D eigenvalue weighted by atomic mass is 10.1. The zero-order valence-corrected chi connectivity index (χ0v) is 12.4. The number of hydrogen-bond donors (Lipinski definition) is 2. The lowest BCUT2D eigenvalue weighted by Crippen LogP contribution is -2.38. The third kappa shape index (κ3) is 3.81. The maximum absolute atomic E-state index is 12.1. The van der Waals surface area contributed by atoms with Crippen molar-refractivity contribution >= 4 is 5.91 Å². The van der Waals surface area contributed by atoms with Crippen LogP contribution in [0.4, 0.5) is 0 Å². The van der Waals surface area contributed by atoms with Crippen molar-refractivity contribution in [3.8, 4) is 0 Å². The van der Waals surface area contributed by atoms with Crippen LogP contribution in [0, 0.1) is 0 Å². The molecule has 1 amide bonds. The number of nitrogens with one attached hydrogen (secondary N) is 2. The van der Waals surface area contributed by atoms with Gasteiger partial charge in [0.2, 0.25) is 0 Å². The molecule has 0 aromatic heterocycles. The summed E-state index contributed by atoms with van der Waals surface area (Å²) in [4.78, 5) is 14.5. The first-order valence-electron chi connectivity index (χ1n) is 7.74. The van der Waals surface area contributed by atoms with Gasteiger partial charge in [-0.05, 0) is 36.2 Å². The molecule has 2 N–H and O–H groups in total. The number of ether oxygens (including phenoxy) is 1. The van der Waals surface area contributed by atoms with Gasteiger partial charge in [0.05, 0.1) is 13.2 Å². The molecule has 2 aliphatic heterocycles. The topological polar surface area (TPSA) is 53.6 Å². The number of carbonyl (C=O) groups excluding carboxylic acids is 1. The monoisotopic (exact) mass is 289 g/mol. The predicted octanol–water partition coefficient (Wildman–Crippen LogP) is 0.742. The van der Waals surface area contributed by atoms with Crippen LogP contribution in [0.25, 0.3) is 0 Å². The number of rotatable bonds is 5. The van der Waals surface area contributed by atoms with Crippen molar-refractivity contribution in [2.24, 2.45) is 0 Å². The van der Waals surface area contributed by atoms with Crippen molar-refractivity contribution in [2.45, 2.75) is 19.5 Å². The first-order valence-corrected chi connectivity index (χ1v) is 7.74. The Bertz CT molecular complexity index is 498. The highest BCUT2D eigenvalue weighted by Crippen LogP contribution is 2.16. The van der Waals surface area contributed by atoms with Gasteiger partial charge in [-0.2, -0.15) is 0 Å². The summed E-state index contributed by atoms with van der Waals surface area (Å²) in [5.74, 6) is 0.0340. The predicted molar refractivity (Wildman–Crippen MR) is 81.2 cm³/mol. The highest BCUT2D eigenvalue weighted by molar-refractivity contribution is 5.94. The molecule has 0 spiro atoms. The molecule has 114 valence electrons. The standard InChI is InChI=1S/C16H23N3O2/c20-16(13-2-3-14-11-17-12-15(14)10-13)18-4-1-5-19-6-8-21-9-7-19/h2-3,10,17H,1,4-9,11-12H2,(H,18,20). The Kier molecular flexibility index (Phi) is 4.85. The molecule has 1 aromatic carbocycles. The summed E-state index contributed by atoms with van der Waals surface area (Å²) in [5, 5.41) is 6.31. The molecule has 0 saturated carbocycles. The van der Waals surface area contributed by atoms with E-state index in [1.807, 2.05) is 12.1 Å². The Labute approximate surface area is 125 Å². The van der Waals surface area contributed by atoms with Crippen molar-refractivity contribution in [1.82, 2.24) is 15.5 Å². The van der Waals surface area contributed by atoms with Crippen LogP contribution in [0.1, 0.15) is 27.9 Å². The zero-order chi connectivity index (χ0) is 14.5. The number of morpholine rings is 1. The van der Waals surface area contributed by atoms with Crippen molar-refractivity contribution in [1.29, 1.82) is 0 Å². The molecular weight excluding hydrogens is 266 g/mol. The summed E-state index contributed by atoms with van der Waals surface area (Å²) in [6, 6.07) is 5.98. The number of hydrogen-bond acceptors (Lipinski definition) is 4. The Hall–Kier alpha value is -1.43. The summed E-state index contributed by atoms with van der Waals surface area (Å²) in [5.41, 5.74) is 3.32. The zero-order valence-electron chi connectivity index (χ0n) is 12.4. The van der Waals surface area contributed by atoms with Crippen LogP contribution >= 0.6 is 0 Å². The number of nitrogens with zero attached hydrogens (tertiary/aromatic N) is 1. The molecule has 3 rings (SSSR count). The van der Waals surface area contributed by atoms with E-state index in [4.69, 9.17) is 4.74 Å². The maximum atomic E-state index is 12.1. The van der Waals surface area contributed by atoms with E-state index in [2.05, 4.69) is 21.6 Å². The second-order valence-electron chi connectivity index (χ2n) is 5.65. The van der Waals surface area contributed by atoms with E-state index in [9.17, 15) is 4.79 Å². The normalized spacial score (nSPS) is 18.5. The van der Waals surface area contributed by atoms with Crippen LogP contribution in [0.2, 0.25) is 0 Å². The number of fused-ring (bicyclic) bond motifs is 1. The fraction of sp³-hybridized carbons (Fsp3) is 0.562. The van der Waals surface area contributed by atoms with E-state index in [0.29, 0.717) is 0 Å². The molecule has 5 nitrogen and oxygen atoms in total. The largest absolute Gasteiger partial charge is 0.379 e. The van der Waals surface area contributed by atoms with Gasteiger partial charge >= 0.3 is 0 Å². The fourth-order valence-corrected chi connectivity index (χ4v) is 2.87. The summed E-state index contributed by atoms with van der Waals surface area (Å²) >= 11 is 0. The number of benzene rings is 1. The molecule has 1 saturated heterocycles. The molecule has 0 radical (unpaired) electrons. The van der Waals surface area contributed by atoms with Crippen molar-refractivity contribution in [2.75, 3.05) is 39.4 Å². The van der Waals surface area contributed by atoms with Crippen LogP contribution in [0.3, 0.4) is 0 Å². The Morgan fingerprint density at radius 3 is 2.90 bits per heavy atom. The third-order valence-corrected chi connectivity index (χ3v) is 4.14. The Morgan fingerprint density at radius 1 is 1.24 bits per heavy atom. The quantitative estimate of drug-likeness (QED) is 0.785. The maximum Gasteiger partial charge on any atom is 0.251 e. The molecule has 0 unspecified atom stereocenters. The van der Waals surface area contributed by atoms with E-state index in [-0.39, 0.29) is 5.91 Å². The van der Waals surface area contributed by atoms with Crippen LogP contribution in [-0.4, -0.2) is 50.2 Å². The molecule has 0 aliphatic carbocycles. The lowest BCUT2D eigenvalue weighted by Gasteiger charge is -2.26. The van der Waals surface area contributed by atoms with E-state index in [1.54, 1.807) is 0 Å². The first kappa shape index (κ1) is 14.5. The van der Waals surface area contributed by atoms with Gasteiger partial charge < -0.3 is 15.4 Å². The molecule has 1 aromatic rings. The first-order chi connectivity index (χ1) is 10.3. The van der Waals surface area contributed by atoms with Gasteiger partial charge in [0.1, 0.15) is 0 Å². The summed E-state index contributed by atoms with van der Waals surface area (Å²) in [6.45, 7) is 7.20. The minimum absolute atomic E-state index is 0.0340. The summed E-state index contributed by atoms with van der Waals surface area (Å²) in [7, 11) is 0. The SMILES string of the molecule is O=C(NCCCN1CCOCC1)c1ccc2c(c1)CNC2. The Balaban J connectivity index is 1.41. The average molecular weight is 289 g/mol. The van der Waals surface area contributed by atoms with E-state index in [0.717, 1.165) is 64.5 Å². The van der Waals surface area contributed by atoms with Crippen LogP contribution in [0.15, 0.2) is 18.2 Å². The van der Waals surface area contributed by atoms with Crippen LogP contribution < -0.4 is 10.6 Å². The van der Waals surface area contributed by atoms with Crippen LogP contribution in [0.5, 0.6) is 0 Å². The van der Waals surface area contributed by atoms with E-state index >= 15 is 0 Å². The molecule has 2 heterocycles. The highest BCUT2D eigenvalue weighted by atomic mass is 16.5. The summed E-state index contributed by atoms with van der Waals surface area (Å²) < 4.78 is 5.32. The Morgan fingerprint density at radius 2 is 2.05 bits per heavy atom. The minimum Gasteiger partial charge on any atom is -0.379 e. The highest BCUT2D eigenvalue weighted by Gasteiger charge is 2.13. The average Bonchev–Trinajstić information content (AvgIpc) is 3.00. The molecule has 2 aliphatic rings. The van der Waals surface area contributed by atoms with Crippen LogP contribution in [-0.2, 0) is 17.8 Å². The number of carbonyl (C=O) groups is 1. The third-order valence-electron chi connectivity index (χ3n) is 4.14. The molecule has 21 heavy (non-hydrogen) atoms. The van der Waals surface area contributed by atoms with Gasteiger partial charge in [-0.15, -0.1) is 0 Å². The van der Waals surface area contributed by atoms with Crippen molar-refractivity contribution in [3.63, 3.8) is 0 Å². The fourth-order valence-electron chi connectivity index (χ4n) is 2.87. The van der Waals surface area contributed by atoms with Crippen molar-refractivity contribution in [3.05, 3.63) is 34.9 Å². The smallest absolute Gasteiger partial charge is 0.251 e. The van der Waals surface area contributed by atoms with Gasteiger partial charge in [0.15, 0.2) is 0 Å². The van der Waals surface area contributed by atoms with Gasteiger partial charge in [0, 0.05) is 38.3 Å². The second kappa shape index (κ2) is 7.02. The molecule has 0 bridgehead atoms.